The number of rotatable bonds is 25. The highest BCUT2D eigenvalue weighted by Gasteiger charge is 2.24. The van der Waals surface area contributed by atoms with Gasteiger partial charge in [-0.1, -0.05) is 124 Å². The minimum atomic E-state index is -0.670. The van der Waals surface area contributed by atoms with Crippen LogP contribution in [0, 0.1) is 5.41 Å². The summed E-state index contributed by atoms with van der Waals surface area (Å²) >= 11 is 0. The van der Waals surface area contributed by atoms with Gasteiger partial charge >= 0.3 is 17.9 Å². The summed E-state index contributed by atoms with van der Waals surface area (Å²) in [7, 11) is 0. The van der Waals surface area contributed by atoms with E-state index >= 15 is 0 Å². The van der Waals surface area contributed by atoms with Crippen molar-refractivity contribution in [3.8, 4) is 0 Å². The lowest BCUT2D eigenvalue weighted by Crippen LogP contribution is -2.32. The third-order valence-corrected chi connectivity index (χ3v) is 6.99. The van der Waals surface area contributed by atoms with Crippen LogP contribution >= 0.6 is 0 Å². The first kappa shape index (κ1) is 47.2. The lowest BCUT2D eigenvalue weighted by molar-refractivity contribution is -0.138. The lowest BCUT2D eigenvalue weighted by atomic mass is 9.88. The third kappa shape index (κ3) is 45.3. The fraction of sp³-hybridized carbons (Fsp3) is 0.909. The maximum absolute atomic E-state index is 10.1. The van der Waals surface area contributed by atoms with E-state index in [9.17, 15) is 14.4 Å². The van der Waals surface area contributed by atoms with Crippen molar-refractivity contribution in [3.05, 3.63) is 0 Å². The van der Waals surface area contributed by atoms with Gasteiger partial charge in [0.25, 0.3) is 0 Å². The highest BCUT2D eigenvalue weighted by Crippen LogP contribution is 2.18. The second-order valence-electron chi connectivity index (χ2n) is 11.1. The molecule has 0 rings (SSSR count). The first-order chi connectivity index (χ1) is 20.1. The van der Waals surface area contributed by atoms with Crippen molar-refractivity contribution in [1.29, 1.82) is 0 Å². The Labute approximate surface area is 257 Å². The standard InChI is InChI=1S/C10H20O2.C9H18O2.C8H16O2.C6H14O3/c1-2-3-4-5-6-7-8-9-10(11)12;1-2-3-4-5-6-7-8-9(10)11;1-2-3-4-5-6-7-8(9)10;1-2-6(3-7,4-8)5-9/h2-9H2,1H3,(H,11,12);2-8H2,1H3,(H,10,11);2-7H2,1H3,(H,9,10);7-9H,2-5H2,1H3. The van der Waals surface area contributed by atoms with Crippen molar-refractivity contribution in [2.75, 3.05) is 19.8 Å². The summed E-state index contributed by atoms with van der Waals surface area (Å²) in [5.74, 6) is -2.00. The molecule has 9 nitrogen and oxygen atoms in total. The minimum Gasteiger partial charge on any atom is -0.481 e. The van der Waals surface area contributed by atoms with Crippen molar-refractivity contribution in [2.24, 2.45) is 5.41 Å². The molecule has 0 aliphatic carbocycles. The van der Waals surface area contributed by atoms with Crippen LogP contribution in [0.1, 0.15) is 169 Å². The number of aliphatic hydroxyl groups is 3. The molecule has 0 radical (unpaired) electrons. The minimum absolute atomic E-state index is 0.156. The van der Waals surface area contributed by atoms with Gasteiger partial charge in [0.05, 0.1) is 19.8 Å². The molecule has 0 fully saturated rings. The molecule has 0 aliphatic heterocycles. The highest BCUT2D eigenvalue weighted by atomic mass is 16.4. The average molecular weight is 609 g/mol. The molecule has 9 heteroatoms. The number of unbranched alkanes of at least 4 members (excludes halogenated alkanes) is 15. The van der Waals surface area contributed by atoms with Gasteiger partial charge in [0.2, 0.25) is 0 Å². The Bertz CT molecular complexity index is 546. The molecule has 0 bridgehead atoms. The number of aliphatic hydroxyl groups excluding tert-OH is 3. The Morgan fingerprint density at radius 1 is 0.405 bits per heavy atom. The van der Waals surface area contributed by atoms with Gasteiger partial charge in [0.15, 0.2) is 0 Å². The first-order valence-electron chi connectivity index (χ1n) is 16.5. The summed E-state index contributed by atoms with van der Waals surface area (Å²) in [4.78, 5) is 30.3. The summed E-state index contributed by atoms with van der Waals surface area (Å²) in [6.45, 7) is 7.88. The number of hydrogen-bond donors (Lipinski definition) is 6. The van der Waals surface area contributed by atoms with Gasteiger partial charge in [-0.2, -0.15) is 0 Å². The lowest BCUT2D eigenvalue weighted by Gasteiger charge is -2.24. The van der Waals surface area contributed by atoms with Crippen LogP contribution in [0.25, 0.3) is 0 Å². The van der Waals surface area contributed by atoms with Gasteiger partial charge in [0, 0.05) is 24.7 Å². The molecule has 0 saturated heterocycles. The molecule has 0 spiro atoms. The fourth-order valence-corrected chi connectivity index (χ4v) is 3.66. The zero-order chi connectivity index (χ0) is 32.9. The zero-order valence-electron chi connectivity index (χ0n) is 27.6. The second-order valence-corrected chi connectivity index (χ2v) is 11.1. The van der Waals surface area contributed by atoms with Crippen LogP contribution < -0.4 is 0 Å². The Balaban J connectivity index is -0.000000230. The van der Waals surface area contributed by atoms with Crippen LogP contribution in [-0.2, 0) is 14.4 Å². The summed E-state index contributed by atoms with van der Waals surface area (Å²) < 4.78 is 0. The molecule has 0 saturated carbocycles. The average Bonchev–Trinajstić information content (AvgIpc) is 2.96. The predicted molar refractivity (Wildman–Crippen MR) is 171 cm³/mol. The van der Waals surface area contributed by atoms with Crippen LogP contribution in [0.3, 0.4) is 0 Å². The van der Waals surface area contributed by atoms with Crippen molar-refractivity contribution in [2.45, 2.75) is 169 Å². The molecule has 0 aromatic carbocycles. The zero-order valence-corrected chi connectivity index (χ0v) is 27.6. The number of carbonyl (C=O) groups is 3. The smallest absolute Gasteiger partial charge is 0.303 e. The van der Waals surface area contributed by atoms with Gasteiger partial charge in [-0.15, -0.1) is 0 Å². The maximum Gasteiger partial charge on any atom is 0.303 e. The Morgan fingerprint density at radius 2 is 0.619 bits per heavy atom. The van der Waals surface area contributed by atoms with Crippen LogP contribution in [0.2, 0.25) is 0 Å². The number of hydrogen-bond acceptors (Lipinski definition) is 6. The van der Waals surface area contributed by atoms with Crippen LogP contribution in [0.5, 0.6) is 0 Å². The van der Waals surface area contributed by atoms with Crippen LogP contribution in [-0.4, -0.2) is 68.4 Å². The SMILES string of the molecule is CCC(CO)(CO)CO.CCCCCCCC(=O)O.CCCCCCCCC(=O)O.CCCCCCCCCC(=O)O. The largest absolute Gasteiger partial charge is 0.481 e. The molecule has 6 N–H and O–H groups in total. The number of carboxylic acids is 3. The summed E-state index contributed by atoms with van der Waals surface area (Å²) in [6.07, 6.45) is 22.4. The summed E-state index contributed by atoms with van der Waals surface area (Å²) in [6, 6.07) is 0. The second kappa shape index (κ2) is 39.3. The number of aliphatic carboxylic acids is 3. The Hall–Kier alpha value is -1.71. The molecule has 0 aromatic rings. The van der Waals surface area contributed by atoms with Crippen molar-refractivity contribution >= 4 is 17.9 Å². The molecular formula is C33H68O9. The molecule has 0 amide bonds. The number of carboxylic acid groups (broad SMARTS) is 3. The molecule has 254 valence electrons. The first-order valence-corrected chi connectivity index (χ1v) is 16.5. The van der Waals surface area contributed by atoms with Crippen LogP contribution in [0.4, 0.5) is 0 Å². The van der Waals surface area contributed by atoms with Gasteiger partial charge in [0.1, 0.15) is 0 Å². The van der Waals surface area contributed by atoms with Crippen molar-refractivity contribution in [3.63, 3.8) is 0 Å². The van der Waals surface area contributed by atoms with E-state index in [2.05, 4.69) is 20.8 Å². The van der Waals surface area contributed by atoms with E-state index in [0.29, 0.717) is 25.7 Å². The van der Waals surface area contributed by atoms with E-state index in [4.69, 9.17) is 30.6 Å². The van der Waals surface area contributed by atoms with E-state index in [1.807, 2.05) is 6.92 Å². The molecule has 42 heavy (non-hydrogen) atoms. The quantitative estimate of drug-likeness (QED) is 0.0565. The Morgan fingerprint density at radius 3 is 0.762 bits per heavy atom. The van der Waals surface area contributed by atoms with E-state index < -0.39 is 23.3 Å². The van der Waals surface area contributed by atoms with Crippen molar-refractivity contribution in [1.82, 2.24) is 0 Å². The van der Waals surface area contributed by atoms with Gasteiger partial charge < -0.3 is 30.6 Å². The van der Waals surface area contributed by atoms with Gasteiger partial charge in [-0.3, -0.25) is 14.4 Å². The van der Waals surface area contributed by atoms with E-state index in [1.165, 1.54) is 77.0 Å². The summed E-state index contributed by atoms with van der Waals surface area (Å²) in [5, 5.41) is 50.9. The molecule has 0 aromatic heterocycles. The van der Waals surface area contributed by atoms with Crippen molar-refractivity contribution < 1.29 is 45.0 Å². The normalized spacial score (nSPS) is 10.4. The van der Waals surface area contributed by atoms with Crippen LogP contribution in [0.15, 0.2) is 0 Å². The monoisotopic (exact) mass is 608 g/mol. The molecular weight excluding hydrogens is 540 g/mol. The molecule has 0 aliphatic rings. The predicted octanol–water partition coefficient (Wildman–Crippen LogP) is 7.82. The topological polar surface area (TPSA) is 173 Å². The maximum atomic E-state index is 10.1. The molecule has 0 unspecified atom stereocenters. The molecule has 0 atom stereocenters. The fourth-order valence-electron chi connectivity index (χ4n) is 3.66. The highest BCUT2D eigenvalue weighted by molar-refractivity contribution is 5.67. The van der Waals surface area contributed by atoms with E-state index in [-0.39, 0.29) is 19.8 Å². The third-order valence-electron chi connectivity index (χ3n) is 6.99. The summed E-state index contributed by atoms with van der Waals surface area (Å²) in [5.41, 5.74) is -0.667. The Kier molecular flexibility index (Phi) is 44.2. The molecule has 0 heterocycles. The van der Waals surface area contributed by atoms with E-state index in [0.717, 1.165) is 38.5 Å². The van der Waals surface area contributed by atoms with Gasteiger partial charge in [-0.25, -0.2) is 0 Å². The van der Waals surface area contributed by atoms with E-state index in [1.54, 1.807) is 0 Å². The van der Waals surface area contributed by atoms with Gasteiger partial charge in [-0.05, 0) is 25.7 Å².